The summed E-state index contributed by atoms with van der Waals surface area (Å²) in [6.07, 6.45) is 0. The molecule has 10 aromatic rings. The van der Waals surface area contributed by atoms with E-state index in [1.54, 1.807) is 0 Å². The van der Waals surface area contributed by atoms with Gasteiger partial charge in [0.2, 0.25) is 0 Å². The second-order valence-corrected chi connectivity index (χ2v) is 15.7. The zero-order valence-corrected chi connectivity index (χ0v) is 30.2. The molecule has 0 unspecified atom stereocenters. The van der Waals surface area contributed by atoms with Crippen LogP contribution in [0.5, 0.6) is 0 Å². The molecule has 8 aromatic carbocycles. The van der Waals surface area contributed by atoms with E-state index in [1.165, 1.54) is 99.5 Å². The number of rotatable bonds is 2. The molecule has 2 heteroatoms. The van der Waals surface area contributed by atoms with E-state index in [9.17, 15) is 0 Å². The Morgan fingerprint density at radius 2 is 0.796 bits per heavy atom. The van der Waals surface area contributed by atoms with Gasteiger partial charge in [-0.05, 0) is 93.0 Å². The van der Waals surface area contributed by atoms with E-state index in [1.807, 2.05) is 0 Å². The molecule has 2 heterocycles. The first kappa shape index (κ1) is 29.9. The lowest BCUT2D eigenvalue weighted by atomic mass is 9.55. The topological polar surface area (TPSA) is 9.86 Å². The van der Waals surface area contributed by atoms with Gasteiger partial charge in [0, 0.05) is 38.3 Å². The fraction of sp³-hybridized carbons (Fsp3) is 0.0769. The standard InChI is InChI=1S/C52H36N2/c1-51(2)43-24-12-13-25-45(43)52(41-22-10-6-18-35(41)36-19-7-11-23-42(36)52)46-30-34(28-29-44(46)51)54-48-27-15-9-21-38(48)40-31-39-37-20-8-14-26-47(37)53(49(39)32-50(40)54)33-16-4-3-5-17-33/h3-32H,1-2H3. The molecule has 2 aromatic heterocycles. The van der Waals surface area contributed by atoms with Gasteiger partial charge in [0.05, 0.1) is 27.5 Å². The van der Waals surface area contributed by atoms with Gasteiger partial charge < -0.3 is 9.13 Å². The molecule has 0 N–H and O–H groups in total. The van der Waals surface area contributed by atoms with Crippen LogP contribution in [0.2, 0.25) is 0 Å². The summed E-state index contributed by atoms with van der Waals surface area (Å²) in [6, 6.07) is 68.2. The van der Waals surface area contributed by atoms with Crippen LogP contribution in [0.15, 0.2) is 182 Å². The predicted octanol–water partition coefficient (Wildman–Crippen LogP) is 12.9. The maximum atomic E-state index is 2.54. The van der Waals surface area contributed by atoms with Gasteiger partial charge in [0.25, 0.3) is 0 Å². The first-order chi connectivity index (χ1) is 26.6. The van der Waals surface area contributed by atoms with Crippen molar-refractivity contribution >= 4 is 43.6 Å². The molecule has 2 aliphatic rings. The number of fused-ring (bicyclic) bond motifs is 15. The predicted molar refractivity (Wildman–Crippen MR) is 225 cm³/mol. The number of hydrogen-bond acceptors (Lipinski definition) is 0. The van der Waals surface area contributed by atoms with Crippen LogP contribution in [0.4, 0.5) is 0 Å². The minimum atomic E-state index is -0.448. The summed E-state index contributed by atoms with van der Waals surface area (Å²) in [6.45, 7) is 4.81. The summed E-state index contributed by atoms with van der Waals surface area (Å²) in [5, 5.41) is 5.07. The largest absolute Gasteiger partial charge is 0.309 e. The zero-order valence-electron chi connectivity index (χ0n) is 30.2. The third-order valence-electron chi connectivity index (χ3n) is 12.8. The van der Waals surface area contributed by atoms with Gasteiger partial charge in [-0.1, -0.05) is 147 Å². The average Bonchev–Trinajstić information content (AvgIpc) is 3.83. The molecule has 0 bridgehead atoms. The van der Waals surface area contributed by atoms with Crippen molar-refractivity contribution in [3.05, 3.63) is 215 Å². The molecule has 0 radical (unpaired) electrons. The highest BCUT2D eigenvalue weighted by atomic mass is 15.0. The molecule has 0 saturated carbocycles. The Balaban J connectivity index is 1.22. The minimum absolute atomic E-state index is 0.189. The molecule has 54 heavy (non-hydrogen) atoms. The highest BCUT2D eigenvalue weighted by molar-refractivity contribution is 6.19. The zero-order chi connectivity index (χ0) is 35.8. The van der Waals surface area contributed by atoms with Crippen LogP contribution < -0.4 is 0 Å². The monoisotopic (exact) mass is 688 g/mol. The van der Waals surface area contributed by atoms with E-state index in [2.05, 4.69) is 205 Å². The fourth-order valence-corrected chi connectivity index (χ4v) is 10.6. The summed E-state index contributed by atoms with van der Waals surface area (Å²) in [4.78, 5) is 0. The molecular formula is C52H36N2. The molecule has 254 valence electrons. The fourth-order valence-electron chi connectivity index (χ4n) is 10.6. The first-order valence-electron chi connectivity index (χ1n) is 19.0. The summed E-state index contributed by atoms with van der Waals surface area (Å²) in [7, 11) is 0. The molecule has 2 aliphatic carbocycles. The third-order valence-corrected chi connectivity index (χ3v) is 12.8. The van der Waals surface area contributed by atoms with Crippen molar-refractivity contribution in [2.75, 3.05) is 0 Å². The molecule has 0 fully saturated rings. The Labute approximate surface area is 314 Å². The van der Waals surface area contributed by atoms with Gasteiger partial charge >= 0.3 is 0 Å². The van der Waals surface area contributed by atoms with Crippen molar-refractivity contribution in [1.82, 2.24) is 9.13 Å². The maximum absolute atomic E-state index is 2.54. The van der Waals surface area contributed by atoms with Crippen molar-refractivity contribution < 1.29 is 0 Å². The Morgan fingerprint density at radius 1 is 0.315 bits per heavy atom. The van der Waals surface area contributed by atoms with Crippen LogP contribution in [0.3, 0.4) is 0 Å². The van der Waals surface area contributed by atoms with Gasteiger partial charge in [-0.15, -0.1) is 0 Å². The van der Waals surface area contributed by atoms with Crippen molar-refractivity contribution in [2.45, 2.75) is 24.7 Å². The number of benzene rings is 8. The number of nitrogens with zero attached hydrogens (tertiary/aromatic N) is 2. The second kappa shape index (κ2) is 10.5. The van der Waals surface area contributed by atoms with E-state index in [0.717, 1.165) is 0 Å². The number of aromatic nitrogens is 2. The Bertz CT molecular complexity index is 3140. The van der Waals surface area contributed by atoms with Crippen molar-refractivity contribution in [3.63, 3.8) is 0 Å². The summed E-state index contributed by atoms with van der Waals surface area (Å²) < 4.78 is 4.95. The van der Waals surface area contributed by atoms with Crippen molar-refractivity contribution in [3.8, 4) is 22.5 Å². The Morgan fingerprint density at radius 3 is 1.43 bits per heavy atom. The summed E-state index contributed by atoms with van der Waals surface area (Å²) in [5.74, 6) is 0. The molecular weight excluding hydrogens is 653 g/mol. The van der Waals surface area contributed by atoms with Gasteiger partial charge in [0.1, 0.15) is 0 Å². The molecule has 1 spiro atoms. The van der Waals surface area contributed by atoms with Crippen LogP contribution in [-0.4, -0.2) is 9.13 Å². The average molecular weight is 689 g/mol. The van der Waals surface area contributed by atoms with Gasteiger partial charge in [-0.3, -0.25) is 0 Å². The third kappa shape index (κ3) is 3.60. The number of hydrogen-bond donors (Lipinski definition) is 0. The normalized spacial score (nSPS) is 14.8. The molecule has 0 atom stereocenters. The quantitative estimate of drug-likeness (QED) is 0.171. The smallest absolute Gasteiger partial charge is 0.0720 e. The molecule has 0 amide bonds. The van der Waals surface area contributed by atoms with Crippen LogP contribution >= 0.6 is 0 Å². The SMILES string of the molecule is CC1(C)c2ccccc2C2(c3ccccc3-c3ccccc32)c2cc(-n3c4ccccc4c4cc5c6ccccc6n(-c6ccccc6)c5cc43)ccc21. The number of para-hydroxylation sites is 3. The summed E-state index contributed by atoms with van der Waals surface area (Å²) >= 11 is 0. The minimum Gasteiger partial charge on any atom is -0.309 e. The van der Waals surface area contributed by atoms with Crippen molar-refractivity contribution in [1.29, 1.82) is 0 Å². The highest BCUT2D eigenvalue weighted by Gasteiger charge is 2.53. The summed E-state index contributed by atoms with van der Waals surface area (Å²) in [5.41, 5.74) is 17.5. The lowest BCUT2D eigenvalue weighted by Gasteiger charge is -2.46. The molecule has 0 aliphatic heterocycles. The van der Waals surface area contributed by atoms with Crippen LogP contribution in [-0.2, 0) is 10.8 Å². The second-order valence-electron chi connectivity index (χ2n) is 15.7. The van der Waals surface area contributed by atoms with Crippen LogP contribution in [0, 0.1) is 0 Å². The Hall–Kier alpha value is -6.64. The first-order valence-corrected chi connectivity index (χ1v) is 19.0. The van der Waals surface area contributed by atoms with Gasteiger partial charge in [0.15, 0.2) is 0 Å². The van der Waals surface area contributed by atoms with E-state index in [-0.39, 0.29) is 5.41 Å². The van der Waals surface area contributed by atoms with Gasteiger partial charge in [-0.25, -0.2) is 0 Å². The lowest BCUT2D eigenvalue weighted by molar-refractivity contribution is 0.563. The van der Waals surface area contributed by atoms with E-state index in [4.69, 9.17) is 0 Å². The molecule has 12 rings (SSSR count). The van der Waals surface area contributed by atoms with E-state index in [0.29, 0.717) is 0 Å². The van der Waals surface area contributed by atoms with Crippen molar-refractivity contribution in [2.24, 2.45) is 0 Å². The Kier molecular flexibility index (Phi) is 5.81. The van der Waals surface area contributed by atoms with E-state index >= 15 is 0 Å². The van der Waals surface area contributed by atoms with Crippen LogP contribution in [0.25, 0.3) is 66.1 Å². The molecule has 0 saturated heterocycles. The maximum Gasteiger partial charge on any atom is 0.0720 e. The highest BCUT2D eigenvalue weighted by Crippen LogP contribution is 2.62. The van der Waals surface area contributed by atoms with Crippen LogP contribution in [0.1, 0.15) is 47.2 Å². The van der Waals surface area contributed by atoms with E-state index < -0.39 is 5.41 Å². The van der Waals surface area contributed by atoms with Gasteiger partial charge in [-0.2, -0.15) is 0 Å². The molecule has 2 nitrogen and oxygen atoms in total. The lowest BCUT2D eigenvalue weighted by Crippen LogP contribution is -2.40.